The van der Waals surface area contributed by atoms with E-state index in [-0.39, 0.29) is 23.0 Å². The minimum atomic E-state index is 0.0134. The van der Waals surface area contributed by atoms with Crippen LogP contribution >= 0.6 is 0 Å². The van der Waals surface area contributed by atoms with Crippen LogP contribution in [0.25, 0.3) is 11.1 Å². The lowest BCUT2D eigenvalue weighted by molar-refractivity contribution is 0.486. The zero-order valence-corrected chi connectivity index (χ0v) is 30.1. The molecule has 0 atom stereocenters. The second-order valence-electron chi connectivity index (χ2n) is 16.9. The fourth-order valence-corrected chi connectivity index (χ4v) is 7.44. The van der Waals surface area contributed by atoms with Gasteiger partial charge in [-0.15, -0.1) is 0 Å². The molecule has 0 saturated heterocycles. The molecule has 5 aromatic rings. The van der Waals surface area contributed by atoms with Crippen LogP contribution in [-0.2, 0) is 16.2 Å². The highest BCUT2D eigenvalue weighted by molar-refractivity contribution is 6.99. The van der Waals surface area contributed by atoms with Crippen LogP contribution in [0.1, 0.15) is 90.1 Å². The molecule has 2 heterocycles. The quantitative estimate of drug-likeness (QED) is 0.179. The minimum Gasteiger partial charge on any atom is -0.458 e. The van der Waals surface area contributed by atoms with Crippen LogP contribution in [0, 0.1) is 13.8 Å². The second-order valence-corrected chi connectivity index (χ2v) is 16.9. The van der Waals surface area contributed by atoms with Crippen LogP contribution in [0.15, 0.2) is 91.0 Å². The maximum atomic E-state index is 6.77. The smallest absolute Gasteiger partial charge is 0.256 e. The van der Waals surface area contributed by atoms with E-state index in [0.717, 1.165) is 11.5 Å². The first-order valence-corrected chi connectivity index (χ1v) is 17.1. The van der Waals surface area contributed by atoms with E-state index in [2.05, 4.69) is 172 Å². The highest BCUT2D eigenvalue weighted by atomic mass is 16.5. The van der Waals surface area contributed by atoms with Gasteiger partial charge in [0.2, 0.25) is 0 Å². The molecular formula is C44H48BNO. The van der Waals surface area contributed by atoms with Gasteiger partial charge < -0.3 is 9.64 Å². The Hall–Kier alpha value is -4.24. The average Bonchev–Trinajstić information content (AvgIpc) is 2.98. The zero-order chi connectivity index (χ0) is 33.6. The summed E-state index contributed by atoms with van der Waals surface area (Å²) in [6, 6.07) is 34.7. The van der Waals surface area contributed by atoms with Gasteiger partial charge in [-0.05, 0) is 105 Å². The van der Waals surface area contributed by atoms with E-state index in [1.54, 1.807) is 0 Å². The van der Waals surface area contributed by atoms with Gasteiger partial charge in [0, 0.05) is 16.9 Å². The van der Waals surface area contributed by atoms with Crippen molar-refractivity contribution in [2.45, 2.75) is 92.4 Å². The van der Waals surface area contributed by atoms with Crippen molar-refractivity contribution in [1.29, 1.82) is 0 Å². The standard InChI is InChI=1S/C44H48BNO/c1-27-21-28(2)23-29(22-27)33-24-30(42(3,4)5)15-18-36(33)46-37-19-16-31(43(6,7)8)25-34(37)45-35-26-32(44(9,10)11)17-20-39(35)47-40-14-12-13-38(46)41(40)45/h12-26H,1-11H3. The van der Waals surface area contributed by atoms with Gasteiger partial charge in [0.25, 0.3) is 6.71 Å². The number of rotatable bonds is 2. The predicted molar refractivity (Wildman–Crippen MR) is 203 cm³/mol. The summed E-state index contributed by atoms with van der Waals surface area (Å²) < 4.78 is 6.77. The Kier molecular flexibility index (Phi) is 7.10. The van der Waals surface area contributed by atoms with E-state index in [1.807, 2.05) is 0 Å². The van der Waals surface area contributed by atoms with Gasteiger partial charge in [-0.3, -0.25) is 0 Å². The van der Waals surface area contributed by atoms with Crippen LogP contribution in [0.3, 0.4) is 0 Å². The predicted octanol–water partition coefficient (Wildman–Crippen LogP) is 10.3. The van der Waals surface area contributed by atoms with Crippen LogP contribution in [-0.4, -0.2) is 6.71 Å². The van der Waals surface area contributed by atoms with Crippen molar-refractivity contribution in [2.75, 3.05) is 4.90 Å². The molecule has 2 nitrogen and oxygen atoms in total. The van der Waals surface area contributed by atoms with Gasteiger partial charge in [-0.25, -0.2) is 0 Å². The van der Waals surface area contributed by atoms with Crippen molar-refractivity contribution in [3.63, 3.8) is 0 Å². The number of aryl methyl sites for hydroxylation is 2. The SMILES string of the molecule is Cc1cc(C)cc(-c2cc(C(C)(C)C)ccc2N2c3ccc(C(C)(C)C)cc3B3c4cc(C(C)(C)C)ccc4Oc4cccc2c43)c1. The fraction of sp³-hybridized carbons (Fsp3) is 0.318. The van der Waals surface area contributed by atoms with Gasteiger partial charge in [-0.2, -0.15) is 0 Å². The summed E-state index contributed by atoms with van der Waals surface area (Å²) in [5.41, 5.74) is 16.5. The Balaban J connectivity index is 1.56. The first-order chi connectivity index (χ1) is 22.0. The van der Waals surface area contributed by atoms with Gasteiger partial charge >= 0.3 is 0 Å². The largest absolute Gasteiger partial charge is 0.458 e. The Morgan fingerprint density at radius 2 is 1.06 bits per heavy atom. The summed E-state index contributed by atoms with van der Waals surface area (Å²) in [5.74, 6) is 1.90. The number of ether oxygens (including phenoxy) is 1. The van der Waals surface area contributed by atoms with E-state index in [4.69, 9.17) is 4.74 Å². The highest BCUT2D eigenvalue weighted by Gasteiger charge is 2.43. The summed E-state index contributed by atoms with van der Waals surface area (Å²) >= 11 is 0. The molecule has 7 rings (SSSR count). The van der Waals surface area contributed by atoms with E-state index in [9.17, 15) is 0 Å². The third kappa shape index (κ3) is 5.38. The van der Waals surface area contributed by atoms with E-state index >= 15 is 0 Å². The second kappa shape index (κ2) is 10.6. The molecule has 0 radical (unpaired) electrons. The maximum absolute atomic E-state index is 6.77. The maximum Gasteiger partial charge on any atom is 0.256 e. The van der Waals surface area contributed by atoms with E-state index in [0.29, 0.717) is 0 Å². The Morgan fingerprint density at radius 3 is 1.68 bits per heavy atom. The molecule has 0 fully saturated rings. The molecular weight excluding hydrogens is 569 g/mol. The number of hydrogen-bond donors (Lipinski definition) is 0. The zero-order valence-electron chi connectivity index (χ0n) is 30.1. The third-order valence-corrected chi connectivity index (χ3v) is 10.1. The molecule has 0 aliphatic carbocycles. The lowest BCUT2D eigenvalue weighted by Gasteiger charge is -2.41. The van der Waals surface area contributed by atoms with Crippen molar-refractivity contribution < 1.29 is 4.74 Å². The van der Waals surface area contributed by atoms with Crippen molar-refractivity contribution >= 4 is 40.2 Å². The minimum absolute atomic E-state index is 0.0134. The topological polar surface area (TPSA) is 12.5 Å². The van der Waals surface area contributed by atoms with Crippen molar-refractivity contribution in [3.8, 4) is 22.6 Å². The fourth-order valence-electron chi connectivity index (χ4n) is 7.44. The molecule has 0 amide bonds. The summed E-state index contributed by atoms with van der Waals surface area (Å²) in [7, 11) is 0. The van der Waals surface area contributed by atoms with Crippen molar-refractivity contribution in [2.24, 2.45) is 0 Å². The first kappa shape index (κ1) is 31.4. The van der Waals surface area contributed by atoms with Gasteiger partial charge in [0.15, 0.2) is 0 Å². The monoisotopic (exact) mass is 617 g/mol. The van der Waals surface area contributed by atoms with Crippen LogP contribution in [0.5, 0.6) is 11.5 Å². The molecule has 0 spiro atoms. The van der Waals surface area contributed by atoms with Crippen LogP contribution in [0.4, 0.5) is 17.1 Å². The van der Waals surface area contributed by atoms with E-state index in [1.165, 1.54) is 72.4 Å². The first-order valence-electron chi connectivity index (χ1n) is 17.1. The summed E-state index contributed by atoms with van der Waals surface area (Å²) in [6.07, 6.45) is 0. The molecule has 238 valence electrons. The Bertz CT molecular complexity index is 2030. The lowest BCUT2D eigenvalue weighted by Crippen LogP contribution is -2.59. The summed E-state index contributed by atoms with van der Waals surface area (Å²) in [4.78, 5) is 2.51. The number of fused-ring (bicyclic) bond motifs is 4. The number of nitrogens with zero attached hydrogens (tertiary/aromatic N) is 1. The van der Waals surface area contributed by atoms with Crippen molar-refractivity contribution in [1.82, 2.24) is 0 Å². The molecule has 3 heteroatoms. The molecule has 0 saturated carbocycles. The Labute approximate surface area is 282 Å². The Morgan fingerprint density at radius 1 is 0.511 bits per heavy atom. The molecule has 5 aromatic carbocycles. The molecule has 0 N–H and O–H groups in total. The molecule has 0 aromatic heterocycles. The molecule has 0 unspecified atom stereocenters. The molecule has 47 heavy (non-hydrogen) atoms. The summed E-state index contributed by atoms with van der Waals surface area (Å²) in [5, 5.41) is 0. The summed E-state index contributed by atoms with van der Waals surface area (Å²) in [6.45, 7) is 25.2. The van der Waals surface area contributed by atoms with Crippen LogP contribution in [0.2, 0.25) is 0 Å². The molecule has 2 aliphatic heterocycles. The highest BCUT2D eigenvalue weighted by Crippen LogP contribution is 2.46. The molecule has 0 bridgehead atoms. The van der Waals surface area contributed by atoms with Crippen molar-refractivity contribution in [3.05, 3.63) is 119 Å². The van der Waals surface area contributed by atoms with Gasteiger partial charge in [-0.1, -0.05) is 128 Å². The normalized spacial score (nSPS) is 13.9. The van der Waals surface area contributed by atoms with Gasteiger partial charge in [0.05, 0.1) is 5.69 Å². The number of benzene rings is 5. The third-order valence-electron chi connectivity index (χ3n) is 10.1. The lowest BCUT2D eigenvalue weighted by atomic mass is 9.34. The van der Waals surface area contributed by atoms with Crippen LogP contribution < -0.4 is 26.0 Å². The number of anilines is 3. The van der Waals surface area contributed by atoms with Gasteiger partial charge in [0.1, 0.15) is 11.5 Å². The van der Waals surface area contributed by atoms with E-state index < -0.39 is 0 Å². The average molecular weight is 618 g/mol. The number of hydrogen-bond acceptors (Lipinski definition) is 2. The molecule has 2 aliphatic rings.